The highest BCUT2D eigenvalue weighted by molar-refractivity contribution is 5.87. The molecule has 0 saturated heterocycles. The van der Waals surface area contributed by atoms with E-state index in [9.17, 15) is 4.79 Å². The van der Waals surface area contributed by atoms with Gasteiger partial charge in [0.15, 0.2) is 0 Å². The van der Waals surface area contributed by atoms with Gasteiger partial charge in [0.25, 0.3) is 0 Å². The molecule has 1 aromatic rings. The average molecular weight is 187 g/mol. The van der Waals surface area contributed by atoms with Crippen molar-refractivity contribution in [2.75, 3.05) is 0 Å². The van der Waals surface area contributed by atoms with Crippen LogP contribution in [0, 0.1) is 0 Å². The molecule has 1 aliphatic carbocycles. The number of carbonyl (C=O) groups is 1. The molecule has 1 aromatic heterocycles. The number of pyridine rings is 1. The minimum Gasteiger partial charge on any atom is -0.478 e. The first kappa shape index (κ1) is 8.69. The standard InChI is InChI=1S/C11H9NO2/c13-11(14)9-6-8-4-2-1-3-5-10(8)12-7-9/h1-3,5-7H,4H2,(H,13,14). The Bertz CT molecular complexity index is 433. The molecule has 14 heavy (non-hydrogen) atoms. The number of hydrogen-bond donors (Lipinski definition) is 1. The molecule has 0 aliphatic heterocycles. The first-order valence-corrected chi connectivity index (χ1v) is 4.33. The van der Waals surface area contributed by atoms with Crippen LogP contribution in [0.15, 0.2) is 30.5 Å². The molecule has 0 saturated carbocycles. The molecule has 0 bridgehead atoms. The summed E-state index contributed by atoms with van der Waals surface area (Å²) >= 11 is 0. The van der Waals surface area contributed by atoms with Crippen molar-refractivity contribution in [3.05, 3.63) is 47.3 Å². The number of fused-ring (bicyclic) bond motifs is 1. The highest BCUT2D eigenvalue weighted by atomic mass is 16.4. The van der Waals surface area contributed by atoms with Gasteiger partial charge in [-0.05, 0) is 24.1 Å². The fraction of sp³-hybridized carbons (Fsp3) is 0.0909. The van der Waals surface area contributed by atoms with Gasteiger partial charge in [0.1, 0.15) is 0 Å². The lowest BCUT2D eigenvalue weighted by Crippen LogP contribution is -2.00. The molecule has 0 spiro atoms. The molecule has 0 fully saturated rings. The van der Waals surface area contributed by atoms with Crippen LogP contribution < -0.4 is 0 Å². The molecule has 2 rings (SSSR count). The summed E-state index contributed by atoms with van der Waals surface area (Å²) in [4.78, 5) is 14.8. The second kappa shape index (κ2) is 3.46. The van der Waals surface area contributed by atoms with Gasteiger partial charge in [-0.2, -0.15) is 0 Å². The van der Waals surface area contributed by atoms with E-state index in [4.69, 9.17) is 5.11 Å². The third kappa shape index (κ3) is 1.57. The minimum absolute atomic E-state index is 0.243. The summed E-state index contributed by atoms with van der Waals surface area (Å²) in [6.07, 6.45) is 9.81. The fourth-order valence-corrected chi connectivity index (χ4v) is 1.37. The van der Waals surface area contributed by atoms with Gasteiger partial charge < -0.3 is 5.11 Å². The lowest BCUT2D eigenvalue weighted by molar-refractivity contribution is 0.0696. The Balaban J connectivity index is 2.49. The van der Waals surface area contributed by atoms with Crippen molar-refractivity contribution < 1.29 is 9.90 Å². The molecule has 3 nitrogen and oxygen atoms in total. The largest absolute Gasteiger partial charge is 0.478 e. The zero-order valence-corrected chi connectivity index (χ0v) is 7.47. The quantitative estimate of drug-likeness (QED) is 0.730. The summed E-state index contributed by atoms with van der Waals surface area (Å²) in [5, 5.41) is 8.78. The SMILES string of the molecule is O=C(O)c1cnc2c(c1)CC=CC=C2. The van der Waals surface area contributed by atoms with Gasteiger partial charge >= 0.3 is 5.97 Å². The van der Waals surface area contributed by atoms with E-state index < -0.39 is 5.97 Å². The monoisotopic (exact) mass is 187 g/mol. The van der Waals surface area contributed by atoms with Gasteiger partial charge in [-0.3, -0.25) is 4.98 Å². The zero-order chi connectivity index (χ0) is 9.97. The maximum atomic E-state index is 10.7. The molecule has 1 N–H and O–H groups in total. The molecule has 0 radical (unpaired) electrons. The highest BCUT2D eigenvalue weighted by Gasteiger charge is 2.07. The predicted octanol–water partition coefficient (Wildman–Crippen LogP) is 1.91. The van der Waals surface area contributed by atoms with Gasteiger partial charge in [-0.1, -0.05) is 18.2 Å². The van der Waals surface area contributed by atoms with Crippen LogP contribution in [0.25, 0.3) is 6.08 Å². The van der Waals surface area contributed by atoms with Crippen LogP contribution in [-0.2, 0) is 6.42 Å². The van der Waals surface area contributed by atoms with E-state index in [2.05, 4.69) is 4.98 Å². The normalized spacial score (nSPS) is 13.4. The van der Waals surface area contributed by atoms with Crippen molar-refractivity contribution in [3.63, 3.8) is 0 Å². The smallest absolute Gasteiger partial charge is 0.337 e. The highest BCUT2D eigenvalue weighted by Crippen LogP contribution is 2.14. The Kier molecular flexibility index (Phi) is 2.14. The van der Waals surface area contributed by atoms with E-state index in [0.29, 0.717) is 0 Å². The lowest BCUT2D eigenvalue weighted by Gasteiger charge is -2.02. The Morgan fingerprint density at radius 1 is 1.43 bits per heavy atom. The number of aromatic nitrogens is 1. The van der Waals surface area contributed by atoms with Gasteiger partial charge in [-0.25, -0.2) is 4.79 Å². The molecule has 0 amide bonds. The lowest BCUT2D eigenvalue weighted by atomic mass is 10.1. The second-order valence-corrected chi connectivity index (χ2v) is 3.06. The van der Waals surface area contributed by atoms with Crippen molar-refractivity contribution in [2.45, 2.75) is 6.42 Å². The third-order valence-corrected chi connectivity index (χ3v) is 2.09. The predicted molar refractivity (Wildman–Crippen MR) is 53.1 cm³/mol. The van der Waals surface area contributed by atoms with Crippen LogP contribution in [0.5, 0.6) is 0 Å². The molecule has 0 aromatic carbocycles. The van der Waals surface area contributed by atoms with Crippen molar-refractivity contribution >= 4 is 12.0 Å². The Morgan fingerprint density at radius 2 is 2.29 bits per heavy atom. The molecular formula is C11H9NO2. The number of carboxylic acids is 1. The zero-order valence-electron chi connectivity index (χ0n) is 7.47. The van der Waals surface area contributed by atoms with Crippen LogP contribution in [-0.4, -0.2) is 16.1 Å². The minimum atomic E-state index is -0.933. The van der Waals surface area contributed by atoms with Crippen molar-refractivity contribution in [1.82, 2.24) is 4.98 Å². The van der Waals surface area contributed by atoms with Crippen LogP contribution in [0.2, 0.25) is 0 Å². The van der Waals surface area contributed by atoms with E-state index in [1.54, 1.807) is 6.07 Å². The Hall–Kier alpha value is -1.90. The van der Waals surface area contributed by atoms with Crippen molar-refractivity contribution in [2.24, 2.45) is 0 Å². The number of nitrogens with zero attached hydrogens (tertiary/aromatic N) is 1. The Morgan fingerprint density at radius 3 is 3.07 bits per heavy atom. The van der Waals surface area contributed by atoms with Gasteiger partial charge in [-0.15, -0.1) is 0 Å². The first-order chi connectivity index (χ1) is 6.77. The van der Waals surface area contributed by atoms with Gasteiger partial charge in [0.2, 0.25) is 0 Å². The topological polar surface area (TPSA) is 50.2 Å². The van der Waals surface area contributed by atoms with Gasteiger partial charge in [0.05, 0.1) is 11.3 Å². The van der Waals surface area contributed by atoms with Crippen molar-refractivity contribution in [3.8, 4) is 0 Å². The van der Waals surface area contributed by atoms with E-state index in [1.807, 2.05) is 24.3 Å². The van der Waals surface area contributed by atoms with Gasteiger partial charge in [0, 0.05) is 6.20 Å². The number of allylic oxidation sites excluding steroid dienone is 3. The summed E-state index contributed by atoms with van der Waals surface area (Å²) < 4.78 is 0. The van der Waals surface area contributed by atoms with Crippen LogP contribution in [0.3, 0.4) is 0 Å². The summed E-state index contributed by atoms with van der Waals surface area (Å²) in [6, 6.07) is 1.67. The van der Waals surface area contributed by atoms with E-state index in [-0.39, 0.29) is 5.56 Å². The number of carboxylic acid groups (broad SMARTS) is 1. The number of hydrogen-bond acceptors (Lipinski definition) is 2. The molecular weight excluding hydrogens is 178 g/mol. The molecule has 70 valence electrons. The summed E-state index contributed by atoms with van der Waals surface area (Å²) in [5.74, 6) is -0.933. The summed E-state index contributed by atoms with van der Waals surface area (Å²) in [7, 11) is 0. The van der Waals surface area contributed by atoms with Crippen LogP contribution >= 0.6 is 0 Å². The first-order valence-electron chi connectivity index (χ1n) is 4.33. The van der Waals surface area contributed by atoms with E-state index in [0.717, 1.165) is 17.7 Å². The number of rotatable bonds is 1. The second-order valence-electron chi connectivity index (χ2n) is 3.06. The average Bonchev–Trinajstić information content (AvgIpc) is 2.41. The fourth-order valence-electron chi connectivity index (χ4n) is 1.37. The molecule has 1 heterocycles. The Labute approximate surface area is 81.4 Å². The molecule has 3 heteroatoms. The van der Waals surface area contributed by atoms with E-state index in [1.165, 1.54) is 6.20 Å². The molecule has 1 aliphatic rings. The summed E-state index contributed by atoms with van der Waals surface area (Å²) in [6.45, 7) is 0. The van der Waals surface area contributed by atoms with Crippen molar-refractivity contribution in [1.29, 1.82) is 0 Å². The van der Waals surface area contributed by atoms with E-state index >= 15 is 0 Å². The maximum Gasteiger partial charge on any atom is 0.337 e. The number of aromatic carboxylic acids is 1. The summed E-state index contributed by atoms with van der Waals surface area (Å²) in [5.41, 5.74) is 2.04. The molecule has 0 unspecified atom stereocenters. The third-order valence-electron chi connectivity index (χ3n) is 2.09. The van der Waals surface area contributed by atoms with Crippen LogP contribution in [0.1, 0.15) is 21.6 Å². The van der Waals surface area contributed by atoms with Crippen LogP contribution in [0.4, 0.5) is 0 Å². The molecule has 0 atom stereocenters. The maximum absolute atomic E-state index is 10.7.